The summed E-state index contributed by atoms with van der Waals surface area (Å²) in [7, 11) is 0. The quantitative estimate of drug-likeness (QED) is 0.812. The van der Waals surface area contributed by atoms with Gasteiger partial charge < -0.3 is 5.32 Å². The van der Waals surface area contributed by atoms with Crippen molar-refractivity contribution >= 4 is 5.95 Å². The van der Waals surface area contributed by atoms with Gasteiger partial charge >= 0.3 is 0 Å². The number of aromatic nitrogens is 4. The Morgan fingerprint density at radius 3 is 2.80 bits per heavy atom. The van der Waals surface area contributed by atoms with Crippen LogP contribution in [0.4, 0.5) is 5.95 Å². The Hall–Kier alpha value is -2.04. The molecule has 0 saturated heterocycles. The van der Waals surface area contributed by atoms with Gasteiger partial charge in [0, 0.05) is 25.1 Å². The van der Waals surface area contributed by atoms with E-state index in [1.165, 1.54) is 0 Å². The molecular weight excluding hydrogens is 190 g/mol. The van der Waals surface area contributed by atoms with Gasteiger partial charge in [0.25, 0.3) is 0 Å². The topological polar surface area (TPSA) is 63.6 Å². The number of nitrogens with zero attached hydrogens (tertiary/aromatic N) is 4. The highest BCUT2D eigenvalue weighted by atomic mass is 15.1. The average molecular weight is 201 g/mol. The molecule has 5 nitrogen and oxygen atoms in total. The van der Waals surface area contributed by atoms with Crippen molar-refractivity contribution in [2.45, 2.75) is 6.92 Å². The number of nitrogens with one attached hydrogen (secondary N) is 1. The van der Waals surface area contributed by atoms with Crippen molar-refractivity contribution in [1.29, 1.82) is 0 Å². The molecule has 0 bridgehead atoms. The molecule has 1 N–H and O–H groups in total. The lowest BCUT2D eigenvalue weighted by molar-refractivity contribution is 1.08. The molecule has 2 aromatic heterocycles. The number of hydrogen-bond donors (Lipinski definition) is 1. The summed E-state index contributed by atoms with van der Waals surface area (Å²) in [6, 6.07) is 1.81. The monoisotopic (exact) mass is 201 g/mol. The predicted molar refractivity (Wildman–Crippen MR) is 57.2 cm³/mol. The molecule has 0 fully saturated rings. The second-order valence-electron chi connectivity index (χ2n) is 2.89. The highest BCUT2D eigenvalue weighted by Gasteiger charge is 2.01. The number of hydrogen-bond acceptors (Lipinski definition) is 5. The third-order valence-electron chi connectivity index (χ3n) is 1.82. The van der Waals surface area contributed by atoms with Crippen molar-refractivity contribution in [3.63, 3.8) is 0 Å². The van der Waals surface area contributed by atoms with Crippen LogP contribution in [0, 0.1) is 0 Å². The molecule has 5 heteroatoms. The lowest BCUT2D eigenvalue weighted by Crippen LogP contribution is -2.02. The van der Waals surface area contributed by atoms with Crippen LogP contribution in [0.5, 0.6) is 0 Å². The van der Waals surface area contributed by atoms with Crippen LogP contribution < -0.4 is 5.32 Å². The van der Waals surface area contributed by atoms with Gasteiger partial charge in [-0.15, -0.1) is 0 Å². The summed E-state index contributed by atoms with van der Waals surface area (Å²) in [6.45, 7) is 2.79. The maximum atomic E-state index is 4.31. The van der Waals surface area contributed by atoms with Crippen LogP contribution >= 0.6 is 0 Å². The van der Waals surface area contributed by atoms with E-state index in [1.807, 2.05) is 13.0 Å². The van der Waals surface area contributed by atoms with E-state index in [1.54, 1.807) is 24.8 Å². The van der Waals surface area contributed by atoms with Crippen molar-refractivity contribution in [3.8, 4) is 11.4 Å². The Morgan fingerprint density at radius 1 is 1.13 bits per heavy atom. The average Bonchev–Trinajstić information content (AvgIpc) is 2.31. The first-order chi connectivity index (χ1) is 7.40. The van der Waals surface area contributed by atoms with Crippen molar-refractivity contribution in [2.24, 2.45) is 0 Å². The molecule has 76 valence electrons. The molecule has 15 heavy (non-hydrogen) atoms. The Labute approximate surface area is 87.6 Å². The second kappa shape index (κ2) is 4.45. The van der Waals surface area contributed by atoms with Gasteiger partial charge in [0.2, 0.25) is 5.95 Å². The molecule has 0 saturated carbocycles. The van der Waals surface area contributed by atoms with Crippen LogP contribution in [0.2, 0.25) is 0 Å². The molecule has 0 atom stereocenters. The molecule has 2 heterocycles. The largest absolute Gasteiger partial charge is 0.354 e. The van der Waals surface area contributed by atoms with Crippen LogP contribution in [0.25, 0.3) is 11.4 Å². The zero-order valence-electron chi connectivity index (χ0n) is 8.38. The predicted octanol–water partition coefficient (Wildman–Crippen LogP) is 1.37. The number of anilines is 1. The molecule has 0 aliphatic carbocycles. The van der Waals surface area contributed by atoms with Crippen LogP contribution in [0.3, 0.4) is 0 Å². The Bertz CT molecular complexity index is 429. The third kappa shape index (κ3) is 2.25. The van der Waals surface area contributed by atoms with E-state index >= 15 is 0 Å². The minimum Gasteiger partial charge on any atom is -0.354 e. The van der Waals surface area contributed by atoms with Crippen LogP contribution in [0.1, 0.15) is 6.92 Å². The van der Waals surface area contributed by atoms with Crippen LogP contribution in [-0.2, 0) is 0 Å². The highest BCUT2D eigenvalue weighted by molar-refractivity contribution is 5.53. The summed E-state index contributed by atoms with van der Waals surface area (Å²) >= 11 is 0. The Balaban J connectivity index is 2.33. The van der Waals surface area contributed by atoms with Gasteiger partial charge in [0.1, 0.15) is 5.69 Å². The molecule has 2 rings (SSSR count). The molecule has 2 aromatic rings. The van der Waals surface area contributed by atoms with Gasteiger partial charge in [-0.3, -0.25) is 9.97 Å². The Kier molecular flexibility index (Phi) is 2.82. The fraction of sp³-hybridized carbons (Fsp3) is 0.200. The van der Waals surface area contributed by atoms with Crippen LogP contribution in [0.15, 0.2) is 30.9 Å². The molecule has 0 aliphatic rings. The zero-order valence-corrected chi connectivity index (χ0v) is 8.38. The highest BCUT2D eigenvalue weighted by Crippen LogP contribution is 2.12. The van der Waals surface area contributed by atoms with E-state index in [4.69, 9.17) is 0 Å². The van der Waals surface area contributed by atoms with E-state index in [9.17, 15) is 0 Å². The van der Waals surface area contributed by atoms with Gasteiger partial charge in [0.15, 0.2) is 0 Å². The summed E-state index contributed by atoms with van der Waals surface area (Å²) < 4.78 is 0. The summed E-state index contributed by atoms with van der Waals surface area (Å²) in [5, 5.41) is 3.05. The minimum absolute atomic E-state index is 0.612. The van der Waals surface area contributed by atoms with Gasteiger partial charge in [-0.05, 0) is 13.0 Å². The van der Waals surface area contributed by atoms with Crippen molar-refractivity contribution in [2.75, 3.05) is 11.9 Å². The molecule has 0 radical (unpaired) electrons. The zero-order chi connectivity index (χ0) is 10.5. The number of rotatable bonds is 3. The maximum absolute atomic E-state index is 4.31. The third-order valence-corrected chi connectivity index (χ3v) is 1.82. The fourth-order valence-corrected chi connectivity index (χ4v) is 1.18. The molecule has 0 amide bonds. The minimum atomic E-state index is 0.612. The van der Waals surface area contributed by atoms with E-state index in [0.717, 1.165) is 17.9 Å². The SMILES string of the molecule is CCNc1nccc(-c2cnccn2)n1. The molecule has 0 unspecified atom stereocenters. The van der Waals surface area contributed by atoms with E-state index in [0.29, 0.717) is 5.95 Å². The summed E-state index contributed by atoms with van der Waals surface area (Å²) in [6.07, 6.45) is 6.66. The van der Waals surface area contributed by atoms with Crippen molar-refractivity contribution in [1.82, 2.24) is 19.9 Å². The molecule has 0 aliphatic heterocycles. The first-order valence-corrected chi connectivity index (χ1v) is 4.73. The summed E-state index contributed by atoms with van der Waals surface area (Å²) in [5.41, 5.74) is 1.52. The normalized spacial score (nSPS) is 9.93. The van der Waals surface area contributed by atoms with Gasteiger partial charge in [-0.1, -0.05) is 0 Å². The first-order valence-electron chi connectivity index (χ1n) is 4.73. The van der Waals surface area contributed by atoms with Crippen molar-refractivity contribution < 1.29 is 0 Å². The van der Waals surface area contributed by atoms with E-state index < -0.39 is 0 Å². The molecule has 0 spiro atoms. The maximum Gasteiger partial charge on any atom is 0.223 e. The first kappa shape index (κ1) is 9.51. The summed E-state index contributed by atoms with van der Waals surface area (Å²) in [5.74, 6) is 0.612. The van der Waals surface area contributed by atoms with Crippen molar-refractivity contribution in [3.05, 3.63) is 30.9 Å². The smallest absolute Gasteiger partial charge is 0.223 e. The fourth-order valence-electron chi connectivity index (χ4n) is 1.18. The van der Waals surface area contributed by atoms with E-state index in [-0.39, 0.29) is 0 Å². The molecular formula is C10H11N5. The van der Waals surface area contributed by atoms with Crippen LogP contribution in [-0.4, -0.2) is 26.5 Å². The lowest BCUT2D eigenvalue weighted by Gasteiger charge is -2.02. The van der Waals surface area contributed by atoms with Gasteiger partial charge in [0.05, 0.1) is 11.9 Å². The molecule has 0 aromatic carbocycles. The van der Waals surface area contributed by atoms with Gasteiger partial charge in [-0.25, -0.2) is 9.97 Å². The second-order valence-corrected chi connectivity index (χ2v) is 2.89. The lowest BCUT2D eigenvalue weighted by atomic mass is 10.3. The van der Waals surface area contributed by atoms with E-state index in [2.05, 4.69) is 25.3 Å². The Morgan fingerprint density at radius 2 is 2.07 bits per heavy atom. The summed E-state index contributed by atoms with van der Waals surface area (Å²) in [4.78, 5) is 16.6. The standard InChI is InChI=1S/C10H11N5/c1-2-12-10-14-4-3-8(15-10)9-7-11-5-6-13-9/h3-7H,2H2,1H3,(H,12,14,15). The van der Waals surface area contributed by atoms with Gasteiger partial charge in [-0.2, -0.15) is 0 Å².